The van der Waals surface area contributed by atoms with Gasteiger partial charge in [0.2, 0.25) is 0 Å². The molecule has 0 aromatic heterocycles. The topological polar surface area (TPSA) is 49.9 Å². The van der Waals surface area contributed by atoms with Crippen molar-refractivity contribution in [1.82, 2.24) is 0 Å². The number of rotatable bonds is 4. The molecule has 0 saturated carbocycles. The summed E-state index contributed by atoms with van der Waals surface area (Å²) in [5.74, 6) is 0.842. The lowest BCUT2D eigenvalue weighted by atomic mass is 10.0. The lowest BCUT2D eigenvalue weighted by Crippen LogP contribution is -2.10. The Morgan fingerprint density at radius 2 is 1.86 bits per heavy atom. The minimum absolute atomic E-state index is 0.262. The minimum atomic E-state index is 0.262. The average molecular weight is 190 g/mol. The second kappa shape index (κ2) is 4.80. The number of nitrogens with one attached hydrogen (secondary N) is 1. The van der Waals surface area contributed by atoms with E-state index < -0.39 is 0 Å². The third-order valence-electron chi connectivity index (χ3n) is 2.33. The average Bonchev–Trinajstić information content (AvgIpc) is 2.15. The monoisotopic (exact) mass is 190 g/mol. The van der Waals surface area contributed by atoms with Crippen LogP contribution < -0.4 is 5.73 Å². The largest absolute Gasteiger partial charge is 0.388 e. The zero-order chi connectivity index (χ0) is 10.6. The van der Waals surface area contributed by atoms with Crippen LogP contribution in [0.5, 0.6) is 0 Å². The van der Waals surface area contributed by atoms with E-state index in [1.165, 1.54) is 11.1 Å². The lowest BCUT2D eigenvalue weighted by molar-refractivity contribution is 0.864. The highest BCUT2D eigenvalue weighted by atomic mass is 14.7. The van der Waals surface area contributed by atoms with Crippen LogP contribution in [0.15, 0.2) is 24.3 Å². The molecule has 76 valence electrons. The molecule has 0 aliphatic carbocycles. The smallest absolute Gasteiger partial charge is 0.0908 e. The van der Waals surface area contributed by atoms with Gasteiger partial charge in [0.15, 0.2) is 0 Å². The van der Waals surface area contributed by atoms with Crippen molar-refractivity contribution in [3.8, 4) is 0 Å². The summed E-state index contributed by atoms with van der Waals surface area (Å²) in [6.45, 7) is 4.37. The Labute approximate surface area is 85.6 Å². The van der Waals surface area contributed by atoms with Crippen molar-refractivity contribution in [1.29, 1.82) is 5.41 Å². The van der Waals surface area contributed by atoms with Crippen LogP contribution >= 0.6 is 0 Å². The van der Waals surface area contributed by atoms with Gasteiger partial charge in [0.25, 0.3) is 0 Å². The van der Waals surface area contributed by atoms with Crippen molar-refractivity contribution in [2.24, 2.45) is 5.73 Å². The molecule has 1 aromatic rings. The summed E-state index contributed by atoms with van der Waals surface area (Å²) in [6.07, 6.45) is 1.52. The summed E-state index contributed by atoms with van der Waals surface area (Å²) in [7, 11) is 0. The highest BCUT2D eigenvalue weighted by Crippen LogP contribution is 2.15. The lowest BCUT2D eigenvalue weighted by Gasteiger charge is -2.06. The number of hydrogen-bond donors (Lipinski definition) is 2. The van der Waals surface area contributed by atoms with Crippen molar-refractivity contribution < 1.29 is 0 Å². The molecule has 3 N–H and O–H groups in total. The Bertz CT molecular complexity index is 299. The van der Waals surface area contributed by atoms with Crippen LogP contribution in [-0.4, -0.2) is 5.84 Å². The van der Waals surface area contributed by atoms with E-state index in [4.69, 9.17) is 11.1 Å². The van der Waals surface area contributed by atoms with E-state index in [-0.39, 0.29) is 5.84 Å². The summed E-state index contributed by atoms with van der Waals surface area (Å²) >= 11 is 0. The fraction of sp³-hybridized carbons (Fsp3) is 0.417. The third kappa shape index (κ3) is 3.21. The fourth-order valence-corrected chi connectivity index (χ4v) is 1.35. The maximum absolute atomic E-state index is 7.13. The predicted molar refractivity (Wildman–Crippen MR) is 60.8 cm³/mol. The van der Waals surface area contributed by atoms with E-state index in [9.17, 15) is 0 Å². The van der Waals surface area contributed by atoms with E-state index >= 15 is 0 Å². The first-order valence-corrected chi connectivity index (χ1v) is 5.01. The first kappa shape index (κ1) is 10.8. The molecule has 0 bridgehead atoms. The maximum atomic E-state index is 7.13. The Balaban J connectivity index is 2.59. The van der Waals surface area contributed by atoms with Crippen molar-refractivity contribution in [3.05, 3.63) is 35.4 Å². The maximum Gasteiger partial charge on any atom is 0.0908 e. The molecule has 0 unspecified atom stereocenters. The van der Waals surface area contributed by atoms with Gasteiger partial charge >= 0.3 is 0 Å². The van der Waals surface area contributed by atoms with Crippen LogP contribution in [0.4, 0.5) is 0 Å². The molecular formula is C12H18N2. The van der Waals surface area contributed by atoms with E-state index in [0.29, 0.717) is 12.3 Å². The Hall–Kier alpha value is -1.31. The van der Waals surface area contributed by atoms with Gasteiger partial charge in [-0.1, -0.05) is 38.1 Å². The molecule has 1 rings (SSSR count). The van der Waals surface area contributed by atoms with Crippen molar-refractivity contribution in [2.45, 2.75) is 32.6 Å². The molecule has 0 saturated heterocycles. The summed E-state index contributed by atoms with van der Waals surface area (Å²) in [5.41, 5.74) is 7.91. The van der Waals surface area contributed by atoms with Crippen LogP contribution in [0.2, 0.25) is 0 Å². The van der Waals surface area contributed by atoms with Crippen LogP contribution in [-0.2, 0) is 6.42 Å². The van der Waals surface area contributed by atoms with Gasteiger partial charge < -0.3 is 5.73 Å². The number of amidine groups is 1. The molecule has 0 amide bonds. The molecule has 2 nitrogen and oxygen atoms in total. The quantitative estimate of drug-likeness (QED) is 0.556. The van der Waals surface area contributed by atoms with Gasteiger partial charge in [-0.15, -0.1) is 0 Å². The van der Waals surface area contributed by atoms with Crippen molar-refractivity contribution >= 4 is 5.84 Å². The minimum Gasteiger partial charge on any atom is -0.388 e. The van der Waals surface area contributed by atoms with Gasteiger partial charge in [-0.25, -0.2) is 0 Å². The van der Waals surface area contributed by atoms with Crippen molar-refractivity contribution in [2.75, 3.05) is 0 Å². The second-order valence-corrected chi connectivity index (χ2v) is 3.92. The first-order valence-electron chi connectivity index (χ1n) is 5.01. The zero-order valence-electron chi connectivity index (χ0n) is 8.88. The molecule has 0 heterocycles. The highest BCUT2D eigenvalue weighted by molar-refractivity contribution is 5.77. The fourth-order valence-electron chi connectivity index (χ4n) is 1.35. The molecule has 2 heteroatoms. The molecular weight excluding hydrogens is 172 g/mol. The summed E-state index contributed by atoms with van der Waals surface area (Å²) in [6, 6.07) is 8.55. The van der Waals surface area contributed by atoms with Gasteiger partial charge in [-0.3, -0.25) is 5.41 Å². The Morgan fingerprint density at radius 1 is 1.29 bits per heavy atom. The second-order valence-electron chi connectivity index (χ2n) is 3.92. The van der Waals surface area contributed by atoms with E-state index in [1.807, 2.05) is 0 Å². The van der Waals surface area contributed by atoms with Gasteiger partial charge in [-0.05, 0) is 23.5 Å². The van der Waals surface area contributed by atoms with Crippen LogP contribution in [0.3, 0.4) is 0 Å². The van der Waals surface area contributed by atoms with Crippen LogP contribution in [0.1, 0.15) is 37.3 Å². The molecule has 1 aromatic carbocycles. The molecule has 0 aliphatic rings. The number of hydrogen-bond acceptors (Lipinski definition) is 1. The Kier molecular flexibility index (Phi) is 3.69. The summed E-state index contributed by atoms with van der Waals surface area (Å²) < 4.78 is 0. The highest BCUT2D eigenvalue weighted by Gasteiger charge is 1.99. The molecule has 0 radical (unpaired) electrons. The van der Waals surface area contributed by atoms with Crippen LogP contribution in [0, 0.1) is 5.41 Å². The van der Waals surface area contributed by atoms with E-state index in [1.54, 1.807) is 0 Å². The third-order valence-corrected chi connectivity index (χ3v) is 2.33. The van der Waals surface area contributed by atoms with Gasteiger partial charge in [0.1, 0.15) is 0 Å². The Morgan fingerprint density at radius 3 is 2.29 bits per heavy atom. The molecule has 0 spiro atoms. The standard InChI is InChI=1S/C12H18N2/c1-9(2)11-6-3-10(4-7-11)5-8-12(13)14/h3-4,6-7,9H,5,8H2,1-2H3,(H3,13,14). The van der Waals surface area contributed by atoms with Crippen molar-refractivity contribution in [3.63, 3.8) is 0 Å². The summed E-state index contributed by atoms with van der Waals surface area (Å²) in [5, 5.41) is 7.13. The van der Waals surface area contributed by atoms with Gasteiger partial charge in [-0.2, -0.15) is 0 Å². The number of aryl methyl sites for hydroxylation is 1. The molecule has 0 fully saturated rings. The molecule has 0 aliphatic heterocycles. The number of benzene rings is 1. The normalized spacial score (nSPS) is 10.5. The summed E-state index contributed by atoms with van der Waals surface area (Å²) in [4.78, 5) is 0. The SMILES string of the molecule is CC(C)c1ccc(CCC(=N)N)cc1. The molecule has 0 atom stereocenters. The first-order chi connectivity index (χ1) is 6.59. The predicted octanol–water partition coefficient (Wildman–Crippen LogP) is 2.68. The van der Waals surface area contributed by atoms with Gasteiger partial charge in [0.05, 0.1) is 5.84 Å². The molecule has 14 heavy (non-hydrogen) atoms. The number of nitrogens with two attached hydrogens (primary N) is 1. The van der Waals surface area contributed by atoms with Crippen LogP contribution in [0.25, 0.3) is 0 Å². The van der Waals surface area contributed by atoms with E-state index in [0.717, 1.165) is 6.42 Å². The zero-order valence-corrected chi connectivity index (χ0v) is 8.88. The van der Waals surface area contributed by atoms with Gasteiger partial charge in [0, 0.05) is 6.42 Å². The van der Waals surface area contributed by atoms with E-state index in [2.05, 4.69) is 38.1 Å².